The zero-order valence-corrected chi connectivity index (χ0v) is 22.1. The highest BCUT2D eigenvalue weighted by Gasteiger charge is 2.54. The minimum atomic E-state index is -1.23. The van der Waals surface area contributed by atoms with E-state index in [4.69, 9.17) is 0 Å². The van der Waals surface area contributed by atoms with Crippen LogP contribution in [0.4, 0.5) is 0 Å². The smallest absolute Gasteiger partial charge is 0.291 e. The van der Waals surface area contributed by atoms with Gasteiger partial charge in [0.25, 0.3) is 6.28 Å². The van der Waals surface area contributed by atoms with Gasteiger partial charge in [-0.3, -0.25) is 0 Å². The van der Waals surface area contributed by atoms with Crippen LogP contribution >= 0.6 is 0 Å². The van der Waals surface area contributed by atoms with Gasteiger partial charge in [-0.05, 0) is 42.0 Å². The first-order valence-corrected chi connectivity index (χ1v) is 13.8. The lowest BCUT2D eigenvalue weighted by Crippen LogP contribution is -2.75. The number of nitrogens with zero attached hydrogens (tertiary/aromatic N) is 1. The lowest BCUT2D eigenvalue weighted by atomic mass is 9.21. The van der Waals surface area contributed by atoms with E-state index in [1.54, 1.807) is 11.0 Å². The van der Waals surface area contributed by atoms with E-state index in [1.807, 2.05) is 0 Å². The van der Waals surface area contributed by atoms with Crippen LogP contribution in [0, 0.1) is 12.8 Å². The second-order valence-electron chi connectivity index (χ2n) is 11.9. The van der Waals surface area contributed by atoms with Crippen molar-refractivity contribution >= 4 is 33.5 Å². The fourth-order valence-electron chi connectivity index (χ4n) is 7.77. The molecule has 0 N–H and O–H groups in total. The zero-order chi connectivity index (χ0) is 24.8. The Bertz CT molecular complexity index is 1410. The topological polar surface area (TPSA) is 0 Å². The van der Waals surface area contributed by atoms with E-state index in [-0.39, 0.29) is 0 Å². The molecule has 1 heterocycles. The monoisotopic (exact) mass is 471 g/mol. The molecule has 1 atom stereocenters. The van der Waals surface area contributed by atoms with Gasteiger partial charge < -0.3 is 4.39 Å². The number of aryl methyl sites for hydroxylation is 1. The molecule has 2 heteroatoms. The van der Waals surface area contributed by atoms with Gasteiger partial charge in [-0.15, -0.1) is 16.4 Å². The molecule has 1 saturated carbocycles. The molecule has 1 unspecified atom stereocenters. The Morgan fingerprint density at radius 2 is 1.31 bits per heavy atom. The zero-order valence-electron chi connectivity index (χ0n) is 22.1. The Morgan fingerprint density at radius 1 is 0.667 bits per heavy atom. The van der Waals surface area contributed by atoms with Crippen LogP contribution in [-0.2, 0) is 0 Å². The minimum absolute atomic E-state index is 0.690. The predicted molar refractivity (Wildman–Crippen MR) is 157 cm³/mol. The number of hydrogen-bond donors (Lipinski definition) is 0. The summed E-state index contributed by atoms with van der Waals surface area (Å²) in [4.78, 5) is 0. The number of benzene rings is 4. The molecule has 1 aliphatic carbocycles. The molecule has 4 aromatic rings. The summed E-state index contributed by atoms with van der Waals surface area (Å²) in [6, 6.07) is 37.0. The second-order valence-corrected chi connectivity index (χ2v) is 11.9. The van der Waals surface area contributed by atoms with Crippen molar-refractivity contribution in [3.8, 4) is 0 Å². The molecule has 1 aliphatic heterocycles. The van der Waals surface area contributed by atoms with Crippen LogP contribution in [0.15, 0.2) is 103 Å². The van der Waals surface area contributed by atoms with E-state index >= 15 is 0 Å². The average Bonchev–Trinajstić information content (AvgIpc) is 3.17. The maximum absolute atomic E-state index is 2.49. The molecule has 0 aromatic heterocycles. The molecule has 2 aliphatic rings. The van der Waals surface area contributed by atoms with Crippen molar-refractivity contribution in [2.24, 2.45) is 5.92 Å². The largest absolute Gasteiger partial charge is 0.505 e. The van der Waals surface area contributed by atoms with Crippen LogP contribution in [0.1, 0.15) is 43.2 Å². The fraction of sp³-hybridized carbons (Fsp3) is 0.294. The van der Waals surface area contributed by atoms with E-state index in [0.717, 1.165) is 10.9 Å². The van der Waals surface area contributed by atoms with Crippen molar-refractivity contribution in [3.63, 3.8) is 0 Å². The summed E-state index contributed by atoms with van der Waals surface area (Å²) in [7, 11) is 4.98. The van der Waals surface area contributed by atoms with Gasteiger partial charge in [0.05, 0.1) is 6.54 Å². The molecule has 4 aromatic carbocycles. The third-order valence-electron chi connectivity index (χ3n) is 9.39. The lowest BCUT2D eigenvalue weighted by molar-refractivity contribution is -0.778. The molecule has 0 bridgehead atoms. The number of fused-ring (bicyclic) bond motifs is 1. The Morgan fingerprint density at radius 3 is 2.03 bits per heavy atom. The third kappa shape index (κ3) is 3.66. The number of hydrogen-bond acceptors (Lipinski definition) is 0. The summed E-state index contributed by atoms with van der Waals surface area (Å²) >= 11 is 0. The highest BCUT2D eigenvalue weighted by molar-refractivity contribution is 7.10. The maximum Gasteiger partial charge on any atom is 0.291 e. The van der Waals surface area contributed by atoms with Gasteiger partial charge in [0.2, 0.25) is 0 Å². The van der Waals surface area contributed by atoms with Gasteiger partial charge in [-0.25, -0.2) is 0 Å². The molecule has 1 fully saturated rings. The molecular formula is C34H38BN. The molecule has 182 valence electrons. The molecule has 0 amide bonds. The fourth-order valence-corrected chi connectivity index (χ4v) is 7.77. The first-order valence-electron chi connectivity index (χ1n) is 13.8. The van der Waals surface area contributed by atoms with Crippen molar-refractivity contribution < 1.29 is 4.39 Å². The normalized spacial score (nSPS) is 22.3. The van der Waals surface area contributed by atoms with Gasteiger partial charge in [-0.2, -0.15) is 0 Å². The quantitative estimate of drug-likeness (QED) is 0.285. The van der Waals surface area contributed by atoms with Gasteiger partial charge in [0.1, 0.15) is 0 Å². The Balaban J connectivity index is 1.71. The van der Waals surface area contributed by atoms with Crippen LogP contribution in [0.2, 0.25) is 0 Å². The maximum atomic E-state index is 2.49. The van der Waals surface area contributed by atoms with Gasteiger partial charge in [0, 0.05) is 14.1 Å². The van der Waals surface area contributed by atoms with Crippen molar-refractivity contribution in [1.82, 2.24) is 0 Å². The first-order chi connectivity index (χ1) is 17.5. The van der Waals surface area contributed by atoms with E-state index in [2.05, 4.69) is 118 Å². The number of likely N-dealkylation sites (N-methyl/N-ethyl adjacent to an activating group) is 1. The standard InChI is InChI=1S/C34H38BN/c1-26-18-22-32(23-19-26)35(31-16-8-5-9-17-31)34(30-21-20-27-12-10-11-15-29(27)24-30)33(25-36(35,2)3)28-13-6-4-7-14-28/h5,8-12,15-24,28H,4,6-7,13-14,25H2,1-3H3. The van der Waals surface area contributed by atoms with Crippen LogP contribution in [0.3, 0.4) is 0 Å². The van der Waals surface area contributed by atoms with Gasteiger partial charge in [0.15, 0.2) is 0 Å². The van der Waals surface area contributed by atoms with E-state index < -0.39 is 6.28 Å². The van der Waals surface area contributed by atoms with E-state index in [0.29, 0.717) is 5.92 Å². The summed E-state index contributed by atoms with van der Waals surface area (Å²) in [5.41, 5.74) is 9.01. The Kier molecular flexibility index (Phi) is 5.89. The second kappa shape index (κ2) is 9.09. The first kappa shape index (κ1) is 23.3. The highest BCUT2D eigenvalue weighted by atomic mass is 15.3. The summed E-state index contributed by atoms with van der Waals surface area (Å²) in [6.07, 6.45) is 5.55. The SMILES string of the molecule is Cc1ccc([B-]2(c3ccccc3)C(c3ccc4ccccc4c3)=C(C3CCCCC3)C[N+]2(C)C)cc1. The van der Waals surface area contributed by atoms with Crippen molar-refractivity contribution in [2.45, 2.75) is 39.0 Å². The van der Waals surface area contributed by atoms with Gasteiger partial charge in [-0.1, -0.05) is 127 Å². The van der Waals surface area contributed by atoms with Crippen LogP contribution in [0.5, 0.6) is 0 Å². The summed E-state index contributed by atoms with van der Waals surface area (Å²) in [5, 5.41) is 2.66. The molecule has 0 saturated heterocycles. The van der Waals surface area contributed by atoms with Crippen LogP contribution in [0.25, 0.3) is 16.2 Å². The Labute approximate surface area is 217 Å². The molecular weight excluding hydrogens is 433 g/mol. The Hall–Kier alpha value is -3.10. The summed E-state index contributed by atoms with van der Waals surface area (Å²) in [6.45, 7) is 3.32. The number of rotatable bonds is 4. The van der Waals surface area contributed by atoms with Crippen LogP contribution in [-0.4, -0.2) is 31.3 Å². The van der Waals surface area contributed by atoms with E-state index in [1.165, 1.54) is 64.9 Å². The third-order valence-corrected chi connectivity index (χ3v) is 9.39. The molecule has 0 spiro atoms. The molecule has 6 rings (SSSR count). The van der Waals surface area contributed by atoms with E-state index in [9.17, 15) is 0 Å². The van der Waals surface area contributed by atoms with Crippen molar-refractivity contribution in [2.75, 3.05) is 20.6 Å². The number of quaternary nitrogens is 1. The highest BCUT2D eigenvalue weighted by Crippen LogP contribution is 2.47. The van der Waals surface area contributed by atoms with Crippen molar-refractivity contribution in [1.29, 1.82) is 0 Å². The average molecular weight is 471 g/mol. The summed E-state index contributed by atoms with van der Waals surface area (Å²) in [5.74, 6) is 0.690. The van der Waals surface area contributed by atoms with Gasteiger partial charge >= 0.3 is 0 Å². The molecule has 36 heavy (non-hydrogen) atoms. The molecule has 1 nitrogen and oxygen atoms in total. The predicted octanol–water partition coefficient (Wildman–Crippen LogP) is 6.87. The molecule has 0 radical (unpaired) electrons. The minimum Gasteiger partial charge on any atom is -0.505 e. The van der Waals surface area contributed by atoms with Crippen molar-refractivity contribution in [3.05, 3.63) is 114 Å². The lowest BCUT2D eigenvalue weighted by Gasteiger charge is -2.54. The van der Waals surface area contributed by atoms with Crippen LogP contribution < -0.4 is 10.9 Å². The summed E-state index contributed by atoms with van der Waals surface area (Å²) < 4.78 is 0.973.